The van der Waals surface area contributed by atoms with Gasteiger partial charge in [0.25, 0.3) is 0 Å². The predicted octanol–water partition coefficient (Wildman–Crippen LogP) is 12.8. The van der Waals surface area contributed by atoms with Crippen LogP contribution in [0.25, 0.3) is 88.8 Å². The maximum absolute atomic E-state index is 5.23. The Balaban J connectivity index is 1.09. The van der Waals surface area contributed by atoms with Gasteiger partial charge in [0.15, 0.2) is 5.82 Å². The van der Waals surface area contributed by atoms with Crippen molar-refractivity contribution >= 4 is 21.7 Å². The van der Waals surface area contributed by atoms with E-state index in [2.05, 4.69) is 188 Å². The molecule has 0 aliphatic heterocycles. The number of rotatable bonds is 6. The van der Waals surface area contributed by atoms with Crippen LogP contribution in [0, 0.1) is 0 Å². The summed E-state index contributed by atoms with van der Waals surface area (Å²) in [5, 5.41) is 3.34. The Hall–Kier alpha value is -6.64. The molecule has 0 radical (unpaired) electrons. The van der Waals surface area contributed by atoms with Crippen LogP contribution in [-0.4, -0.2) is 9.97 Å². The molecular formula is C48H32N2. The van der Waals surface area contributed by atoms with Crippen molar-refractivity contribution in [1.29, 1.82) is 0 Å². The highest BCUT2D eigenvalue weighted by Crippen LogP contribution is 2.35. The van der Waals surface area contributed by atoms with E-state index in [-0.39, 0.29) is 0 Å². The fourth-order valence-electron chi connectivity index (χ4n) is 6.86. The van der Waals surface area contributed by atoms with Gasteiger partial charge in [0.2, 0.25) is 0 Å². The second kappa shape index (κ2) is 12.8. The predicted molar refractivity (Wildman–Crippen MR) is 210 cm³/mol. The van der Waals surface area contributed by atoms with Gasteiger partial charge in [-0.25, -0.2) is 9.97 Å². The van der Waals surface area contributed by atoms with E-state index in [0.29, 0.717) is 5.82 Å². The van der Waals surface area contributed by atoms with Gasteiger partial charge in [0.05, 0.1) is 11.2 Å². The first kappa shape index (κ1) is 29.5. The molecule has 0 N–H and O–H groups in total. The van der Waals surface area contributed by atoms with Gasteiger partial charge in [-0.2, -0.15) is 0 Å². The minimum atomic E-state index is 0.717. The monoisotopic (exact) mass is 636 g/mol. The highest BCUT2D eigenvalue weighted by atomic mass is 14.9. The molecule has 0 amide bonds. The van der Waals surface area contributed by atoms with Crippen molar-refractivity contribution in [2.75, 3.05) is 0 Å². The number of fused-ring (bicyclic) bond motifs is 3. The van der Waals surface area contributed by atoms with E-state index < -0.39 is 0 Å². The number of aromatic nitrogens is 2. The smallest absolute Gasteiger partial charge is 0.160 e. The summed E-state index contributed by atoms with van der Waals surface area (Å²) in [5.41, 5.74) is 13.5. The lowest BCUT2D eigenvalue weighted by molar-refractivity contribution is 1.23. The molecule has 0 fully saturated rings. The maximum atomic E-state index is 5.23. The van der Waals surface area contributed by atoms with E-state index in [9.17, 15) is 0 Å². The third-order valence-corrected chi connectivity index (χ3v) is 9.50. The van der Waals surface area contributed by atoms with Gasteiger partial charge in [0, 0.05) is 21.9 Å². The normalized spacial score (nSPS) is 11.2. The molecule has 0 atom stereocenters. The van der Waals surface area contributed by atoms with Gasteiger partial charge in [-0.05, 0) is 68.1 Å². The highest BCUT2D eigenvalue weighted by Gasteiger charge is 2.15. The first-order valence-electron chi connectivity index (χ1n) is 17.0. The average molecular weight is 637 g/mol. The molecule has 0 saturated carbocycles. The third kappa shape index (κ3) is 5.63. The van der Waals surface area contributed by atoms with E-state index in [4.69, 9.17) is 9.97 Å². The second-order valence-electron chi connectivity index (χ2n) is 12.6. The Morgan fingerprint density at radius 3 is 1.32 bits per heavy atom. The molecule has 1 heterocycles. The zero-order chi connectivity index (χ0) is 33.3. The summed E-state index contributed by atoms with van der Waals surface area (Å²) in [7, 11) is 0. The summed E-state index contributed by atoms with van der Waals surface area (Å²) >= 11 is 0. The number of benzene rings is 8. The Bertz CT molecular complexity index is 2610. The van der Waals surface area contributed by atoms with Crippen molar-refractivity contribution < 1.29 is 0 Å². The Morgan fingerprint density at radius 2 is 0.700 bits per heavy atom. The fourth-order valence-corrected chi connectivity index (χ4v) is 6.86. The molecule has 9 rings (SSSR count). The summed E-state index contributed by atoms with van der Waals surface area (Å²) in [5.74, 6) is 0.717. The molecule has 50 heavy (non-hydrogen) atoms. The standard InChI is InChI=1S/C48H32N2/c1-3-11-33(12-4-1)35-21-25-38(26-22-35)46-45-30-29-37-15-7-8-20-44(37)47(45)50-48(49-46)39-27-23-36(24-28-39)41-17-10-19-43(32-41)42-18-9-16-40(31-42)34-13-5-2-6-14-34/h1-32H. The fraction of sp³-hybridized carbons (Fsp3) is 0. The summed E-state index contributed by atoms with van der Waals surface area (Å²) in [4.78, 5) is 10.4. The molecule has 1 aromatic heterocycles. The Labute approximate surface area is 292 Å². The van der Waals surface area contributed by atoms with Gasteiger partial charge in [0.1, 0.15) is 0 Å². The maximum Gasteiger partial charge on any atom is 0.160 e. The highest BCUT2D eigenvalue weighted by molar-refractivity contribution is 6.09. The molecule has 0 bridgehead atoms. The van der Waals surface area contributed by atoms with E-state index >= 15 is 0 Å². The van der Waals surface area contributed by atoms with Gasteiger partial charge in [-0.3, -0.25) is 0 Å². The van der Waals surface area contributed by atoms with Crippen LogP contribution in [0.15, 0.2) is 194 Å². The minimum Gasteiger partial charge on any atom is -0.227 e. The Kier molecular flexibility index (Phi) is 7.53. The van der Waals surface area contributed by atoms with Crippen LogP contribution >= 0.6 is 0 Å². The zero-order valence-corrected chi connectivity index (χ0v) is 27.4. The van der Waals surface area contributed by atoms with Crippen molar-refractivity contribution in [3.05, 3.63) is 194 Å². The first-order valence-corrected chi connectivity index (χ1v) is 17.0. The summed E-state index contributed by atoms with van der Waals surface area (Å²) in [6.07, 6.45) is 0. The number of hydrogen-bond acceptors (Lipinski definition) is 2. The molecule has 0 spiro atoms. The van der Waals surface area contributed by atoms with E-state index in [1.165, 1.54) is 44.3 Å². The van der Waals surface area contributed by atoms with Crippen LogP contribution in [0.4, 0.5) is 0 Å². The lowest BCUT2D eigenvalue weighted by atomic mass is 9.96. The molecule has 0 aliphatic rings. The van der Waals surface area contributed by atoms with Crippen LogP contribution in [0.2, 0.25) is 0 Å². The number of nitrogens with zero attached hydrogens (tertiary/aromatic N) is 2. The third-order valence-electron chi connectivity index (χ3n) is 9.50. The van der Waals surface area contributed by atoms with Crippen LogP contribution < -0.4 is 0 Å². The van der Waals surface area contributed by atoms with Crippen molar-refractivity contribution in [1.82, 2.24) is 9.97 Å². The molecule has 234 valence electrons. The zero-order valence-electron chi connectivity index (χ0n) is 27.4. The summed E-state index contributed by atoms with van der Waals surface area (Å²) < 4.78 is 0. The van der Waals surface area contributed by atoms with Crippen LogP contribution in [0.1, 0.15) is 0 Å². The molecule has 8 aromatic carbocycles. The van der Waals surface area contributed by atoms with Gasteiger partial charge in [-0.1, -0.05) is 176 Å². The van der Waals surface area contributed by atoms with E-state index in [0.717, 1.165) is 38.7 Å². The van der Waals surface area contributed by atoms with E-state index in [1.54, 1.807) is 0 Å². The van der Waals surface area contributed by atoms with E-state index in [1.807, 2.05) is 6.07 Å². The van der Waals surface area contributed by atoms with Crippen LogP contribution in [0.3, 0.4) is 0 Å². The summed E-state index contributed by atoms with van der Waals surface area (Å²) in [6.45, 7) is 0. The summed E-state index contributed by atoms with van der Waals surface area (Å²) in [6, 6.07) is 68.7. The van der Waals surface area contributed by atoms with Crippen LogP contribution in [0.5, 0.6) is 0 Å². The van der Waals surface area contributed by atoms with Crippen molar-refractivity contribution in [2.45, 2.75) is 0 Å². The molecule has 0 aliphatic carbocycles. The average Bonchev–Trinajstić information content (AvgIpc) is 3.21. The van der Waals surface area contributed by atoms with Crippen molar-refractivity contribution in [3.63, 3.8) is 0 Å². The van der Waals surface area contributed by atoms with Crippen molar-refractivity contribution in [2.24, 2.45) is 0 Å². The molecular weight excluding hydrogens is 605 g/mol. The molecule has 2 heteroatoms. The van der Waals surface area contributed by atoms with Crippen molar-refractivity contribution in [3.8, 4) is 67.2 Å². The topological polar surface area (TPSA) is 25.8 Å². The van der Waals surface area contributed by atoms with Gasteiger partial charge in [-0.15, -0.1) is 0 Å². The lowest BCUT2D eigenvalue weighted by Gasteiger charge is -2.13. The van der Waals surface area contributed by atoms with Gasteiger partial charge < -0.3 is 0 Å². The second-order valence-corrected chi connectivity index (χ2v) is 12.6. The quantitative estimate of drug-likeness (QED) is 0.170. The largest absolute Gasteiger partial charge is 0.227 e. The molecule has 9 aromatic rings. The minimum absolute atomic E-state index is 0.717. The lowest BCUT2D eigenvalue weighted by Crippen LogP contribution is -1.96. The molecule has 2 nitrogen and oxygen atoms in total. The Morgan fingerprint density at radius 1 is 0.260 bits per heavy atom. The van der Waals surface area contributed by atoms with Crippen LogP contribution in [-0.2, 0) is 0 Å². The molecule has 0 saturated heterocycles. The SMILES string of the molecule is c1ccc(-c2ccc(-c3nc(-c4ccc(-c5cccc(-c6cccc(-c7ccccc7)c6)c5)cc4)nc4c3ccc3ccccc34)cc2)cc1. The number of hydrogen-bond donors (Lipinski definition) is 0. The van der Waals surface area contributed by atoms with Gasteiger partial charge >= 0.3 is 0 Å². The molecule has 0 unspecified atom stereocenters. The first-order chi connectivity index (χ1) is 24.8.